The second kappa shape index (κ2) is 12.5. The number of ether oxygens (including phenoxy) is 1. The number of hydrogen-bond acceptors (Lipinski definition) is 5. The number of thiophene rings is 1. The molecule has 0 saturated carbocycles. The largest absolute Gasteiger partial charge is 0.444 e. The zero-order chi connectivity index (χ0) is 19.7. The third kappa shape index (κ3) is 9.42. The summed E-state index contributed by atoms with van der Waals surface area (Å²) >= 11 is 1.70. The van der Waals surface area contributed by atoms with E-state index in [1.807, 2.05) is 20.8 Å². The third-order valence-electron chi connectivity index (χ3n) is 4.23. The lowest BCUT2D eigenvalue weighted by atomic mass is 10.2. The van der Waals surface area contributed by atoms with Gasteiger partial charge in [0, 0.05) is 46.3 Å². The van der Waals surface area contributed by atoms with Gasteiger partial charge in [-0.25, -0.2) is 4.79 Å². The number of carbonyl (C=O) groups is 1. The van der Waals surface area contributed by atoms with Gasteiger partial charge in [0.1, 0.15) is 5.60 Å². The highest BCUT2D eigenvalue weighted by Gasteiger charge is 2.25. The Morgan fingerprint density at radius 2 is 1.96 bits per heavy atom. The van der Waals surface area contributed by atoms with Crippen molar-refractivity contribution in [1.29, 1.82) is 0 Å². The minimum atomic E-state index is -0.435. The maximum Gasteiger partial charge on any atom is 0.410 e. The summed E-state index contributed by atoms with van der Waals surface area (Å²) in [6.45, 7) is 11.6. The number of piperazine rings is 1. The molecule has 0 bridgehead atoms. The lowest BCUT2D eigenvalue weighted by Crippen LogP contribution is -2.50. The van der Waals surface area contributed by atoms with Crippen LogP contribution in [0.25, 0.3) is 0 Å². The van der Waals surface area contributed by atoms with Gasteiger partial charge in [0.05, 0.1) is 0 Å². The average molecular weight is 523 g/mol. The van der Waals surface area contributed by atoms with Crippen LogP contribution in [0.4, 0.5) is 4.79 Å². The van der Waals surface area contributed by atoms with E-state index < -0.39 is 5.60 Å². The highest BCUT2D eigenvalue weighted by atomic mass is 127. The number of rotatable bonds is 6. The van der Waals surface area contributed by atoms with Crippen molar-refractivity contribution in [3.63, 3.8) is 0 Å². The van der Waals surface area contributed by atoms with Crippen molar-refractivity contribution in [2.45, 2.75) is 39.3 Å². The number of carbonyl (C=O) groups excluding carboxylic acids is 1. The molecule has 1 aromatic heterocycles. The summed E-state index contributed by atoms with van der Waals surface area (Å²) in [5, 5.41) is 10.9. The van der Waals surface area contributed by atoms with Crippen LogP contribution in [-0.2, 0) is 11.3 Å². The smallest absolute Gasteiger partial charge is 0.410 e. The molecule has 160 valence electrons. The molecule has 28 heavy (non-hydrogen) atoms. The standard InChI is InChI=1S/C19H33N5O2S.HI/c1-19(2,3)26-18(25)24-11-9-23(10-12-24)8-5-7-21-17(20-4)22-14-16-6-13-27-15-16;/h6,13,15H,5,7-12,14H2,1-4H3,(H2,20,21,22);1H. The van der Waals surface area contributed by atoms with Gasteiger partial charge in [-0.2, -0.15) is 11.3 Å². The normalized spacial score (nSPS) is 15.7. The molecule has 1 aromatic rings. The summed E-state index contributed by atoms with van der Waals surface area (Å²) in [5.74, 6) is 0.830. The second-order valence-corrected chi connectivity index (χ2v) is 8.43. The number of aliphatic imine (C=N–C) groups is 1. The molecule has 0 spiro atoms. The van der Waals surface area contributed by atoms with E-state index in [1.54, 1.807) is 23.3 Å². The predicted molar refractivity (Wildman–Crippen MR) is 127 cm³/mol. The van der Waals surface area contributed by atoms with Gasteiger partial charge in [-0.3, -0.25) is 9.89 Å². The Morgan fingerprint density at radius 3 is 2.54 bits per heavy atom. The van der Waals surface area contributed by atoms with Crippen molar-refractivity contribution in [3.8, 4) is 0 Å². The fourth-order valence-electron chi connectivity index (χ4n) is 2.79. The van der Waals surface area contributed by atoms with Crippen LogP contribution in [0.3, 0.4) is 0 Å². The highest BCUT2D eigenvalue weighted by molar-refractivity contribution is 14.0. The summed E-state index contributed by atoms with van der Waals surface area (Å²) in [4.78, 5) is 20.5. The van der Waals surface area contributed by atoms with E-state index in [4.69, 9.17) is 4.74 Å². The molecule has 1 saturated heterocycles. The molecule has 1 fully saturated rings. The SMILES string of the molecule is CN=C(NCCCN1CCN(C(=O)OC(C)(C)C)CC1)NCc1ccsc1.I. The fourth-order valence-corrected chi connectivity index (χ4v) is 3.46. The van der Waals surface area contributed by atoms with Gasteiger partial charge >= 0.3 is 6.09 Å². The van der Waals surface area contributed by atoms with Crippen LogP contribution in [0, 0.1) is 0 Å². The zero-order valence-electron chi connectivity index (χ0n) is 17.4. The zero-order valence-corrected chi connectivity index (χ0v) is 20.5. The molecule has 1 aliphatic rings. The maximum absolute atomic E-state index is 12.1. The molecule has 2 N–H and O–H groups in total. The van der Waals surface area contributed by atoms with Gasteiger partial charge in [-0.15, -0.1) is 24.0 Å². The first-order valence-corrected chi connectivity index (χ1v) is 10.5. The fraction of sp³-hybridized carbons (Fsp3) is 0.684. The quantitative estimate of drug-likeness (QED) is 0.260. The third-order valence-corrected chi connectivity index (χ3v) is 4.96. The van der Waals surface area contributed by atoms with Crippen LogP contribution in [0.5, 0.6) is 0 Å². The molecule has 2 heterocycles. The van der Waals surface area contributed by atoms with Crippen molar-refractivity contribution >= 4 is 47.4 Å². The second-order valence-electron chi connectivity index (χ2n) is 7.65. The van der Waals surface area contributed by atoms with Crippen molar-refractivity contribution in [2.24, 2.45) is 4.99 Å². The summed E-state index contributed by atoms with van der Waals surface area (Å²) in [5.41, 5.74) is 0.835. The van der Waals surface area contributed by atoms with Crippen LogP contribution < -0.4 is 10.6 Å². The number of amides is 1. The Kier molecular flexibility index (Phi) is 11.1. The summed E-state index contributed by atoms with van der Waals surface area (Å²) < 4.78 is 5.44. The molecule has 9 heteroatoms. The van der Waals surface area contributed by atoms with Crippen LogP contribution in [0.1, 0.15) is 32.8 Å². The molecule has 7 nitrogen and oxygen atoms in total. The molecular formula is C19H34IN5O2S. The predicted octanol–water partition coefficient (Wildman–Crippen LogP) is 2.97. The van der Waals surface area contributed by atoms with E-state index in [0.29, 0.717) is 0 Å². The monoisotopic (exact) mass is 523 g/mol. The van der Waals surface area contributed by atoms with Gasteiger partial charge in [-0.1, -0.05) is 0 Å². The van der Waals surface area contributed by atoms with Crippen molar-refractivity contribution < 1.29 is 9.53 Å². The lowest BCUT2D eigenvalue weighted by molar-refractivity contribution is 0.0145. The Morgan fingerprint density at radius 1 is 1.25 bits per heavy atom. The molecule has 1 aliphatic heterocycles. The van der Waals surface area contributed by atoms with Crippen LogP contribution in [0.15, 0.2) is 21.8 Å². The Bertz CT molecular complexity index is 596. The first kappa shape index (κ1) is 25.0. The summed E-state index contributed by atoms with van der Waals surface area (Å²) in [7, 11) is 1.79. The Labute approximate surface area is 189 Å². The van der Waals surface area contributed by atoms with Gasteiger partial charge in [-0.05, 0) is 56.1 Å². The van der Waals surface area contributed by atoms with Crippen molar-refractivity contribution in [1.82, 2.24) is 20.4 Å². The van der Waals surface area contributed by atoms with E-state index in [-0.39, 0.29) is 30.1 Å². The number of guanidine groups is 1. The first-order valence-electron chi connectivity index (χ1n) is 9.53. The first-order chi connectivity index (χ1) is 12.9. The minimum Gasteiger partial charge on any atom is -0.444 e. The summed E-state index contributed by atoms with van der Waals surface area (Å²) in [6.07, 6.45) is 0.829. The molecule has 0 atom stereocenters. The van der Waals surface area contributed by atoms with E-state index >= 15 is 0 Å². The molecule has 0 aromatic carbocycles. The topological polar surface area (TPSA) is 69.2 Å². The number of halogens is 1. The summed E-state index contributed by atoms with van der Waals surface area (Å²) in [6, 6.07) is 2.11. The molecule has 1 amide bonds. The van der Waals surface area contributed by atoms with E-state index in [1.165, 1.54) is 5.56 Å². The Hall–Kier alpha value is -1.07. The van der Waals surface area contributed by atoms with Gasteiger partial charge in [0.2, 0.25) is 0 Å². The average Bonchev–Trinajstić information content (AvgIpc) is 3.13. The minimum absolute atomic E-state index is 0. The molecular weight excluding hydrogens is 489 g/mol. The lowest BCUT2D eigenvalue weighted by Gasteiger charge is -2.35. The van der Waals surface area contributed by atoms with Crippen LogP contribution in [0.2, 0.25) is 0 Å². The number of hydrogen-bond donors (Lipinski definition) is 2. The Balaban J connectivity index is 0.00000392. The molecule has 2 rings (SSSR count). The van der Waals surface area contributed by atoms with Gasteiger partial charge in [0.25, 0.3) is 0 Å². The van der Waals surface area contributed by atoms with Crippen molar-refractivity contribution in [3.05, 3.63) is 22.4 Å². The maximum atomic E-state index is 12.1. The van der Waals surface area contributed by atoms with Crippen molar-refractivity contribution in [2.75, 3.05) is 46.3 Å². The van der Waals surface area contributed by atoms with E-state index in [9.17, 15) is 4.79 Å². The molecule has 0 unspecified atom stereocenters. The molecule has 0 radical (unpaired) electrons. The van der Waals surface area contributed by atoms with Gasteiger partial charge in [0.15, 0.2) is 5.96 Å². The highest BCUT2D eigenvalue weighted by Crippen LogP contribution is 2.12. The number of nitrogens with one attached hydrogen (secondary N) is 2. The molecule has 0 aliphatic carbocycles. The number of nitrogens with zero attached hydrogens (tertiary/aromatic N) is 3. The van der Waals surface area contributed by atoms with Crippen LogP contribution in [-0.4, -0.2) is 73.8 Å². The van der Waals surface area contributed by atoms with E-state index in [2.05, 4.69) is 37.4 Å². The van der Waals surface area contributed by atoms with E-state index in [0.717, 1.165) is 58.2 Å². The van der Waals surface area contributed by atoms with Gasteiger partial charge < -0.3 is 20.3 Å². The van der Waals surface area contributed by atoms with Crippen LogP contribution >= 0.6 is 35.3 Å².